The molecule has 1 heterocycles. The van der Waals surface area contributed by atoms with Gasteiger partial charge in [-0.15, -0.1) is 0 Å². The minimum atomic E-state index is -0.259. The summed E-state index contributed by atoms with van der Waals surface area (Å²) in [7, 11) is 3.15. The lowest BCUT2D eigenvalue weighted by Crippen LogP contribution is -2.32. The first kappa shape index (κ1) is 14.3. The number of para-hydroxylation sites is 1. The van der Waals surface area contributed by atoms with Crippen molar-refractivity contribution in [3.05, 3.63) is 48.0 Å². The molecule has 0 bridgehead atoms. The van der Waals surface area contributed by atoms with Gasteiger partial charge in [-0.1, -0.05) is 18.2 Å². The highest BCUT2D eigenvalue weighted by atomic mass is 16.5. The molecule has 1 atom stereocenters. The monoisotopic (exact) mass is 298 g/mol. The molecule has 114 valence electrons. The normalized spacial score (nSPS) is 15.6. The van der Waals surface area contributed by atoms with Gasteiger partial charge in [0.25, 0.3) is 0 Å². The number of ether oxygens (including phenoxy) is 2. The molecule has 0 radical (unpaired) electrons. The van der Waals surface area contributed by atoms with Crippen LogP contribution in [0.25, 0.3) is 0 Å². The zero-order valence-electron chi connectivity index (χ0n) is 12.6. The topological polar surface area (TPSA) is 59.6 Å². The number of methoxy groups -OCH3 is 2. The number of benzene rings is 2. The Bertz CT molecular complexity index is 675. The van der Waals surface area contributed by atoms with Crippen molar-refractivity contribution in [3.8, 4) is 11.5 Å². The first-order valence-electron chi connectivity index (χ1n) is 7.08. The van der Waals surface area contributed by atoms with Crippen LogP contribution in [0, 0.1) is 0 Å². The van der Waals surface area contributed by atoms with Crippen LogP contribution in [0.5, 0.6) is 11.5 Å². The van der Waals surface area contributed by atoms with E-state index in [-0.39, 0.29) is 11.9 Å². The second-order valence-electron chi connectivity index (χ2n) is 5.12. The molecule has 3 rings (SSSR count). The van der Waals surface area contributed by atoms with Gasteiger partial charge in [-0.2, -0.15) is 0 Å². The van der Waals surface area contributed by atoms with Crippen molar-refractivity contribution in [2.75, 3.05) is 24.9 Å². The minimum absolute atomic E-state index is 0.0663. The summed E-state index contributed by atoms with van der Waals surface area (Å²) in [5, 5.41) is 6.15. The smallest absolute Gasteiger partial charge is 0.247 e. The Morgan fingerprint density at radius 3 is 2.64 bits per heavy atom. The molecule has 0 fully saturated rings. The summed E-state index contributed by atoms with van der Waals surface area (Å²) in [6.45, 7) is 0. The lowest BCUT2D eigenvalue weighted by Gasteiger charge is -2.14. The summed E-state index contributed by atoms with van der Waals surface area (Å²) in [4.78, 5) is 12.4. The number of hydrogen-bond donors (Lipinski definition) is 2. The molecule has 0 saturated carbocycles. The van der Waals surface area contributed by atoms with Crippen molar-refractivity contribution < 1.29 is 14.3 Å². The fraction of sp³-hybridized carbons (Fsp3) is 0.235. The summed E-state index contributed by atoms with van der Waals surface area (Å²) in [5.74, 6) is 1.15. The van der Waals surface area contributed by atoms with E-state index in [1.807, 2.05) is 24.3 Å². The molecule has 0 spiro atoms. The van der Waals surface area contributed by atoms with E-state index in [0.29, 0.717) is 23.6 Å². The van der Waals surface area contributed by atoms with Crippen LogP contribution in [0.4, 0.5) is 11.4 Å². The van der Waals surface area contributed by atoms with E-state index in [1.54, 1.807) is 32.4 Å². The van der Waals surface area contributed by atoms with E-state index in [1.165, 1.54) is 0 Å². The Kier molecular flexibility index (Phi) is 3.87. The van der Waals surface area contributed by atoms with Gasteiger partial charge in [0.1, 0.15) is 6.04 Å². The number of carbonyl (C=O) groups excluding carboxylic acids is 1. The molecule has 22 heavy (non-hydrogen) atoms. The number of anilines is 2. The molecule has 0 saturated heterocycles. The summed E-state index contributed by atoms with van der Waals surface area (Å²) in [6.07, 6.45) is 0.690. The molecule has 1 unspecified atom stereocenters. The molecule has 1 aliphatic heterocycles. The Balaban J connectivity index is 1.71. The molecular formula is C17H18N2O3. The van der Waals surface area contributed by atoms with Gasteiger partial charge in [0.15, 0.2) is 11.5 Å². The second-order valence-corrected chi connectivity index (χ2v) is 5.12. The van der Waals surface area contributed by atoms with E-state index < -0.39 is 0 Å². The quantitative estimate of drug-likeness (QED) is 0.911. The zero-order chi connectivity index (χ0) is 15.5. The third-order valence-corrected chi connectivity index (χ3v) is 3.74. The van der Waals surface area contributed by atoms with Gasteiger partial charge in [0.05, 0.1) is 14.2 Å². The third kappa shape index (κ3) is 2.70. The van der Waals surface area contributed by atoms with Crippen LogP contribution in [0.15, 0.2) is 42.5 Å². The van der Waals surface area contributed by atoms with Crippen LogP contribution in [0.1, 0.15) is 5.56 Å². The van der Waals surface area contributed by atoms with E-state index in [4.69, 9.17) is 9.47 Å². The Morgan fingerprint density at radius 2 is 1.91 bits per heavy atom. The van der Waals surface area contributed by atoms with Crippen molar-refractivity contribution in [1.29, 1.82) is 0 Å². The zero-order valence-corrected chi connectivity index (χ0v) is 12.6. The van der Waals surface area contributed by atoms with E-state index in [0.717, 1.165) is 11.3 Å². The Labute approximate surface area is 129 Å². The maximum absolute atomic E-state index is 12.4. The summed E-state index contributed by atoms with van der Waals surface area (Å²) in [5.41, 5.74) is 2.87. The number of fused-ring (bicyclic) bond motifs is 1. The molecule has 0 aromatic heterocycles. The van der Waals surface area contributed by atoms with Gasteiger partial charge in [0.2, 0.25) is 5.91 Å². The number of carbonyl (C=O) groups is 1. The molecule has 5 nitrogen and oxygen atoms in total. The summed E-state index contributed by atoms with van der Waals surface area (Å²) in [6, 6.07) is 13.0. The number of amides is 1. The molecule has 2 aromatic carbocycles. The maximum Gasteiger partial charge on any atom is 0.247 e. The van der Waals surface area contributed by atoms with Crippen LogP contribution in [-0.2, 0) is 11.2 Å². The predicted molar refractivity (Wildman–Crippen MR) is 85.7 cm³/mol. The fourth-order valence-corrected chi connectivity index (χ4v) is 2.60. The standard InChI is InChI=1S/C17H18N2O3/c1-21-15-8-7-12(10-16(15)22-2)18-17(20)14-9-11-5-3-4-6-13(11)19-14/h3-8,10,14,19H,9H2,1-2H3,(H,18,20). The van der Waals surface area contributed by atoms with Gasteiger partial charge in [-0.25, -0.2) is 0 Å². The van der Waals surface area contributed by atoms with Crippen LogP contribution < -0.4 is 20.1 Å². The predicted octanol–water partition coefficient (Wildman–Crippen LogP) is 2.68. The summed E-state index contributed by atoms with van der Waals surface area (Å²) < 4.78 is 10.4. The van der Waals surface area contributed by atoms with Gasteiger partial charge < -0.3 is 20.1 Å². The highest BCUT2D eigenvalue weighted by Gasteiger charge is 2.26. The van der Waals surface area contributed by atoms with Crippen LogP contribution in [0.3, 0.4) is 0 Å². The van der Waals surface area contributed by atoms with Gasteiger partial charge in [0, 0.05) is 23.9 Å². The van der Waals surface area contributed by atoms with E-state index in [9.17, 15) is 4.79 Å². The van der Waals surface area contributed by atoms with Crippen molar-refractivity contribution in [3.63, 3.8) is 0 Å². The maximum atomic E-state index is 12.4. The SMILES string of the molecule is COc1ccc(NC(=O)C2Cc3ccccc3N2)cc1OC. The van der Waals surface area contributed by atoms with Gasteiger partial charge in [-0.3, -0.25) is 4.79 Å². The first-order chi connectivity index (χ1) is 10.7. The fourth-order valence-electron chi connectivity index (χ4n) is 2.60. The van der Waals surface area contributed by atoms with Crippen LogP contribution >= 0.6 is 0 Å². The highest BCUT2D eigenvalue weighted by molar-refractivity contribution is 5.98. The number of hydrogen-bond acceptors (Lipinski definition) is 4. The first-order valence-corrected chi connectivity index (χ1v) is 7.08. The van der Waals surface area contributed by atoms with Gasteiger partial charge >= 0.3 is 0 Å². The minimum Gasteiger partial charge on any atom is -0.493 e. The average molecular weight is 298 g/mol. The van der Waals surface area contributed by atoms with Crippen molar-refractivity contribution in [2.45, 2.75) is 12.5 Å². The van der Waals surface area contributed by atoms with Crippen molar-refractivity contribution >= 4 is 17.3 Å². The lowest BCUT2D eigenvalue weighted by atomic mass is 10.1. The largest absolute Gasteiger partial charge is 0.493 e. The molecule has 2 aromatic rings. The third-order valence-electron chi connectivity index (χ3n) is 3.74. The molecular weight excluding hydrogens is 280 g/mol. The lowest BCUT2D eigenvalue weighted by molar-refractivity contribution is -0.116. The molecule has 2 N–H and O–H groups in total. The molecule has 1 aliphatic rings. The Hall–Kier alpha value is -2.69. The molecule has 0 aliphatic carbocycles. The van der Waals surface area contributed by atoms with E-state index in [2.05, 4.69) is 10.6 Å². The van der Waals surface area contributed by atoms with Crippen molar-refractivity contribution in [2.24, 2.45) is 0 Å². The average Bonchev–Trinajstić information content (AvgIpc) is 2.99. The van der Waals surface area contributed by atoms with Crippen molar-refractivity contribution in [1.82, 2.24) is 0 Å². The molecule has 5 heteroatoms. The van der Waals surface area contributed by atoms with Gasteiger partial charge in [-0.05, 0) is 23.8 Å². The highest BCUT2D eigenvalue weighted by Crippen LogP contribution is 2.30. The van der Waals surface area contributed by atoms with E-state index >= 15 is 0 Å². The van der Waals surface area contributed by atoms with Crippen LogP contribution in [-0.4, -0.2) is 26.2 Å². The molecule has 1 amide bonds. The number of rotatable bonds is 4. The number of nitrogens with one attached hydrogen (secondary N) is 2. The van der Waals surface area contributed by atoms with Crippen LogP contribution in [0.2, 0.25) is 0 Å². The summed E-state index contributed by atoms with van der Waals surface area (Å²) >= 11 is 0. The Morgan fingerprint density at radius 1 is 1.14 bits per heavy atom. The second kappa shape index (κ2) is 5.97.